The van der Waals surface area contributed by atoms with Gasteiger partial charge in [-0.1, -0.05) is 50.2 Å². The van der Waals surface area contributed by atoms with E-state index in [1.807, 2.05) is 44.2 Å². The summed E-state index contributed by atoms with van der Waals surface area (Å²) in [6.07, 6.45) is -0.371. The van der Waals surface area contributed by atoms with Crippen molar-refractivity contribution in [2.24, 2.45) is 5.92 Å². The van der Waals surface area contributed by atoms with Crippen LogP contribution in [0.5, 0.6) is 0 Å². The van der Waals surface area contributed by atoms with E-state index < -0.39 is 29.9 Å². The van der Waals surface area contributed by atoms with Gasteiger partial charge >= 0.3 is 6.03 Å². The van der Waals surface area contributed by atoms with Crippen LogP contribution in [-0.4, -0.2) is 70.0 Å². The van der Waals surface area contributed by atoms with Crippen LogP contribution in [0.4, 0.5) is 13.6 Å². The lowest BCUT2D eigenvalue weighted by molar-refractivity contribution is -0.188. The van der Waals surface area contributed by atoms with E-state index in [1.54, 1.807) is 12.1 Å². The molecule has 36 heavy (non-hydrogen) atoms. The highest BCUT2D eigenvalue weighted by atomic mass is 19.1. The number of hydrogen-bond donors (Lipinski definition) is 1. The Kier molecular flexibility index (Phi) is 7.53. The van der Waals surface area contributed by atoms with Gasteiger partial charge in [0.25, 0.3) is 0 Å². The molecule has 2 fully saturated rings. The SMILES string of the molecule is CC(C)C[C@H]1C(=O)N(Cc2ccc(F)cc2F)C[C@H]2N1C(=O)CN(C)N2C(=O)NCc1ccccc1. The highest BCUT2D eigenvalue weighted by Crippen LogP contribution is 2.30. The van der Waals surface area contributed by atoms with E-state index in [0.29, 0.717) is 13.0 Å². The normalized spacial score (nSPS) is 20.7. The largest absolute Gasteiger partial charge is 0.334 e. The smallest absolute Gasteiger partial charge is 0.333 e. The number of nitrogens with one attached hydrogen (secondary N) is 1. The first-order chi connectivity index (χ1) is 17.2. The molecule has 0 aliphatic carbocycles. The number of piperazine rings is 1. The molecule has 4 amide bonds. The van der Waals surface area contributed by atoms with Crippen LogP contribution in [0.3, 0.4) is 0 Å². The lowest BCUT2D eigenvalue weighted by atomic mass is 9.96. The van der Waals surface area contributed by atoms with Gasteiger partial charge in [-0.05, 0) is 24.0 Å². The summed E-state index contributed by atoms with van der Waals surface area (Å²) in [4.78, 5) is 42.9. The predicted octanol–water partition coefficient (Wildman–Crippen LogP) is 2.95. The molecule has 0 radical (unpaired) electrons. The molecule has 0 unspecified atom stereocenters. The van der Waals surface area contributed by atoms with Crippen LogP contribution in [0.1, 0.15) is 31.4 Å². The Morgan fingerprint density at radius 3 is 2.50 bits per heavy atom. The Hall–Kier alpha value is -3.53. The number of nitrogens with zero attached hydrogens (tertiary/aromatic N) is 4. The quantitative estimate of drug-likeness (QED) is 0.663. The Morgan fingerprint density at radius 1 is 1.11 bits per heavy atom. The van der Waals surface area contributed by atoms with Crippen molar-refractivity contribution < 1.29 is 23.2 Å². The van der Waals surface area contributed by atoms with E-state index in [0.717, 1.165) is 17.7 Å². The molecular weight excluding hydrogens is 468 g/mol. The van der Waals surface area contributed by atoms with Crippen molar-refractivity contribution in [3.63, 3.8) is 0 Å². The second-order valence-electron chi connectivity index (χ2n) is 9.69. The van der Waals surface area contributed by atoms with Crippen LogP contribution in [-0.2, 0) is 22.7 Å². The number of rotatable bonds is 6. The van der Waals surface area contributed by atoms with Crippen LogP contribution in [0.25, 0.3) is 0 Å². The third kappa shape index (κ3) is 5.33. The van der Waals surface area contributed by atoms with Gasteiger partial charge < -0.3 is 15.1 Å². The standard InChI is InChI=1S/C26H31F2N5O3/c1-17(2)11-22-25(35)31(14-19-9-10-20(27)12-21(19)28)15-23-32(22)24(34)16-30(3)33(23)26(36)29-13-18-7-5-4-6-8-18/h4-10,12,17,22-23H,11,13-16H2,1-3H3,(H,29,36)/t22-,23-/m0/s1. The first-order valence-corrected chi connectivity index (χ1v) is 12.0. The van der Waals surface area contributed by atoms with Gasteiger partial charge in [-0.15, -0.1) is 0 Å². The average Bonchev–Trinajstić information content (AvgIpc) is 2.82. The third-order valence-electron chi connectivity index (χ3n) is 6.51. The van der Waals surface area contributed by atoms with E-state index >= 15 is 0 Å². The molecule has 2 aromatic rings. The van der Waals surface area contributed by atoms with Gasteiger partial charge in [0, 0.05) is 31.8 Å². The van der Waals surface area contributed by atoms with Crippen molar-refractivity contribution in [1.82, 2.24) is 25.1 Å². The molecule has 0 spiro atoms. The minimum absolute atomic E-state index is 0.000911. The number of likely N-dealkylation sites (N-methyl/N-ethyl adjacent to an activating group) is 1. The first-order valence-electron chi connectivity index (χ1n) is 12.0. The number of fused-ring (bicyclic) bond motifs is 1. The molecule has 2 aliphatic heterocycles. The summed E-state index contributed by atoms with van der Waals surface area (Å²) in [7, 11) is 1.65. The van der Waals surface area contributed by atoms with E-state index in [1.165, 1.54) is 20.9 Å². The predicted molar refractivity (Wildman–Crippen MR) is 129 cm³/mol. The fourth-order valence-electron chi connectivity index (χ4n) is 4.83. The number of hydrogen-bond acceptors (Lipinski definition) is 4. The first kappa shape index (κ1) is 25.6. The fourth-order valence-corrected chi connectivity index (χ4v) is 4.83. The molecular formula is C26H31F2N5O3. The van der Waals surface area contributed by atoms with Gasteiger partial charge in [-0.25, -0.2) is 23.6 Å². The molecule has 192 valence electrons. The number of hydrazine groups is 1. The summed E-state index contributed by atoms with van der Waals surface area (Å²) in [6.45, 7) is 4.05. The minimum Gasteiger partial charge on any atom is -0.333 e. The topological polar surface area (TPSA) is 76.2 Å². The van der Waals surface area contributed by atoms with E-state index in [-0.39, 0.29) is 42.9 Å². The number of carbonyl (C=O) groups is 3. The second kappa shape index (κ2) is 10.6. The molecule has 0 aromatic heterocycles. The summed E-state index contributed by atoms with van der Waals surface area (Å²) in [5.41, 5.74) is 1.08. The number of urea groups is 1. The van der Waals surface area contributed by atoms with Crippen LogP contribution in [0.2, 0.25) is 0 Å². The van der Waals surface area contributed by atoms with Crippen molar-refractivity contribution in [1.29, 1.82) is 0 Å². The summed E-state index contributed by atoms with van der Waals surface area (Å²) in [6, 6.07) is 11.5. The van der Waals surface area contributed by atoms with E-state index in [9.17, 15) is 23.2 Å². The number of carbonyl (C=O) groups excluding carboxylic acids is 3. The molecule has 4 rings (SSSR count). The van der Waals surface area contributed by atoms with Crippen LogP contribution >= 0.6 is 0 Å². The molecule has 2 saturated heterocycles. The summed E-state index contributed by atoms with van der Waals surface area (Å²) in [5, 5.41) is 5.90. The molecule has 1 N–H and O–H groups in total. The number of amides is 4. The monoisotopic (exact) mass is 499 g/mol. The van der Waals surface area contributed by atoms with Gasteiger partial charge in [0.1, 0.15) is 23.8 Å². The van der Waals surface area contributed by atoms with Gasteiger partial charge in [0.05, 0.1) is 13.1 Å². The Morgan fingerprint density at radius 2 is 1.83 bits per heavy atom. The Bertz CT molecular complexity index is 1130. The van der Waals surface area contributed by atoms with E-state index in [2.05, 4.69) is 5.32 Å². The zero-order valence-corrected chi connectivity index (χ0v) is 20.7. The molecule has 0 saturated carbocycles. The third-order valence-corrected chi connectivity index (χ3v) is 6.51. The van der Waals surface area contributed by atoms with Crippen molar-refractivity contribution in [3.05, 3.63) is 71.3 Å². The number of benzene rings is 2. The van der Waals surface area contributed by atoms with Crippen LogP contribution in [0, 0.1) is 17.6 Å². The molecule has 2 aliphatic rings. The molecule has 2 heterocycles. The zero-order chi connectivity index (χ0) is 26.0. The Balaban J connectivity index is 1.63. The van der Waals surface area contributed by atoms with Crippen LogP contribution in [0.15, 0.2) is 48.5 Å². The molecule has 2 aromatic carbocycles. The average molecular weight is 500 g/mol. The van der Waals surface area contributed by atoms with Crippen molar-refractivity contribution in [3.8, 4) is 0 Å². The van der Waals surface area contributed by atoms with E-state index in [4.69, 9.17) is 0 Å². The maximum Gasteiger partial charge on any atom is 0.334 e. The maximum absolute atomic E-state index is 14.4. The molecule has 10 heteroatoms. The van der Waals surface area contributed by atoms with Gasteiger partial charge in [-0.2, -0.15) is 0 Å². The highest BCUT2D eigenvalue weighted by Gasteiger charge is 2.50. The summed E-state index contributed by atoms with van der Waals surface area (Å²) < 4.78 is 27.9. The Labute approximate surface area is 209 Å². The van der Waals surface area contributed by atoms with Crippen molar-refractivity contribution in [2.45, 2.75) is 45.6 Å². The maximum atomic E-state index is 14.4. The summed E-state index contributed by atoms with van der Waals surface area (Å²) >= 11 is 0. The number of halogens is 2. The molecule has 2 atom stereocenters. The van der Waals surface area contributed by atoms with Crippen molar-refractivity contribution in [2.75, 3.05) is 20.1 Å². The second-order valence-corrected chi connectivity index (χ2v) is 9.69. The lowest BCUT2D eigenvalue weighted by Gasteiger charge is -2.54. The van der Waals surface area contributed by atoms with Crippen molar-refractivity contribution >= 4 is 17.8 Å². The lowest BCUT2D eigenvalue weighted by Crippen LogP contribution is -2.75. The molecule has 0 bridgehead atoms. The van der Waals surface area contributed by atoms with Crippen LogP contribution < -0.4 is 5.32 Å². The minimum atomic E-state index is -0.794. The van der Waals surface area contributed by atoms with Gasteiger partial charge in [-0.3, -0.25) is 9.59 Å². The molecule has 8 nitrogen and oxygen atoms in total. The summed E-state index contributed by atoms with van der Waals surface area (Å²) in [5.74, 6) is -1.92. The van der Waals surface area contributed by atoms with Gasteiger partial charge in [0.2, 0.25) is 11.8 Å². The highest BCUT2D eigenvalue weighted by molar-refractivity contribution is 5.91. The fraction of sp³-hybridized carbons (Fsp3) is 0.423. The zero-order valence-electron chi connectivity index (χ0n) is 20.7. The van der Waals surface area contributed by atoms with Gasteiger partial charge in [0.15, 0.2) is 0 Å².